The minimum atomic E-state index is -0.121. The second-order valence-electron chi connectivity index (χ2n) is 4.96. The third kappa shape index (κ3) is 3.57. The molecule has 0 aromatic heterocycles. The second kappa shape index (κ2) is 7.26. The fraction of sp³-hybridized carbons (Fsp3) is 0.375. The van der Waals surface area contributed by atoms with Crippen LogP contribution in [-0.4, -0.2) is 34.2 Å². The third-order valence-corrected chi connectivity index (χ3v) is 3.61. The maximum atomic E-state index is 12.3. The normalized spacial score (nSPS) is 16.3. The lowest BCUT2D eigenvalue weighted by Crippen LogP contribution is -2.31. The molecule has 1 heterocycles. The lowest BCUT2D eigenvalue weighted by Gasteiger charge is -2.12. The van der Waals surface area contributed by atoms with Gasteiger partial charge >= 0.3 is 0 Å². The summed E-state index contributed by atoms with van der Waals surface area (Å²) in [4.78, 5) is 13.9. The zero-order valence-electron chi connectivity index (χ0n) is 12.8. The topological polar surface area (TPSA) is 61.8 Å². The quantitative estimate of drug-likeness (QED) is 0.623. The van der Waals surface area contributed by atoms with Gasteiger partial charge < -0.3 is 15.2 Å². The van der Waals surface area contributed by atoms with E-state index in [9.17, 15) is 9.90 Å². The molecule has 2 rings (SSSR count). The number of carbonyl (C=O) groups is 1. The van der Waals surface area contributed by atoms with Crippen molar-refractivity contribution in [1.29, 1.82) is 0 Å². The van der Waals surface area contributed by atoms with Crippen LogP contribution in [0.15, 0.2) is 23.9 Å². The highest BCUT2D eigenvalue weighted by Gasteiger charge is 2.29. The van der Waals surface area contributed by atoms with E-state index in [2.05, 4.69) is 12.2 Å². The molecular weight excluding hydrogens is 300 g/mol. The first-order valence-corrected chi connectivity index (χ1v) is 7.78. The van der Waals surface area contributed by atoms with E-state index in [0.717, 1.165) is 18.4 Å². The smallest absolute Gasteiger partial charge is 0.276 e. The Balaban J connectivity index is 2.21. The average Bonchev–Trinajstić information content (AvgIpc) is 2.75. The van der Waals surface area contributed by atoms with Gasteiger partial charge in [0.25, 0.3) is 5.91 Å². The Hall–Kier alpha value is -2.08. The van der Waals surface area contributed by atoms with Gasteiger partial charge in [-0.25, -0.2) is 0 Å². The molecule has 0 bridgehead atoms. The van der Waals surface area contributed by atoms with E-state index in [1.807, 2.05) is 6.92 Å². The van der Waals surface area contributed by atoms with E-state index in [-0.39, 0.29) is 11.7 Å². The molecule has 2 N–H and O–H groups in total. The fourth-order valence-corrected chi connectivity index (χ4v) is 2.43. The number of hydrogen-bond donors (Lipinski definition) is 2. The minimum Gasteiger partial charge on any atom is -0.504 e. The predicted octanol–water partition coefficient (Wildman–Crippen LogP) is 2.65. The van der Waals surface area contributed by atoms with Crippen molar-refractivity contribution in [1.82, 2.24) is 10.2 Å². The molecule has 0 radical (unpaired) electrons. The van der Waals surface area contributed by atoms with E-state index in [1.54, 1.807) is 29.2 Å². The summed E-state index contributed by atoms with van der Waals surface area (Å²) in [5.41, 5.74) is 1.20. The van der Waals surface area contributed by atoms with Crippen molar-refractivity contribution in [3.63, 3.8) is 0 Å². The summed E-state index contributed by atoms with van der Waals surface area (Å²) in [6, 6.07) is 4.96. The largest absolute Gasteiger partial charge is 0.504 e. The third-order valence-electron chi connectivity index (χ3n) is 3.29. The molecule has 1 amide bonds. The summed E-state index contributed by atoms with van der Waals surface area (Å²) in [6.45, 7) is 4.99. The van der Waals surface area contributed by atoms with Gasteiger partial charge in [-0.1, -0.05) is 19.4 Å². The van der Waals surface area contributed by atoms with Crippen molar-refractivity contribution < 1.29 is 14.6 Å². The summed E-state index contributed by atoms with van der Waals surface area (Å²) in [6.07, 6.45) is 3.62. The fourth-order valence-electron chi connectivity index (χ4n) is 2.15. The first-order valence-electron chi connectivity index (χ1n) is 7.37. The lowest BCUT2D eigenvalue weighted by atomic mass is 10.1. The number of rotatable bonds is 6. The average molecular weight is 320 g/mol. The summed E-state index contributed by atoms with van der Waals surface area (Å²) in [5.74, 6) is 0.354. The number of carbonyl (C=O) groups excluding carboxylic acids is 1. The molecule has 118 valence electrons. The summed E-state index contributed by atoms with van der Waals surface area (Å²) >= 11 is 5.20. The van der Waals surface area contributed by atoms with Crippen molar-refractivity contribution in [3.8, 4) is 11.5 Å². The molecule has 1 fully saturated rings. The number of ether oxygens (including phenoxy) is 1. The number of unbranched alkanes of at least 4 members (excludes halogenated alkanes) is 1. The van der Waals surface area contributed by atoms with E-state index in [4.69, 9.17) is 17.0 Å². The minimum absolute atomic E-state index is 0.0785. The highest BCUT2D eigenvalue weighted by molar-refractivity contribution is 7.80. The van der Waals surface area contributed by atoms with Gasteiger partial charge in [0.2, 0.25) is 0 Å². The SMILES string of the molecule is CCCCN1C(=O)/C(=C\c2ccc(O)c(OCC)c2)NC1=S. The molecule has 22 heavy (non-hydrogen) atoms. The van der Waals surface area contributed by atoms with E-state index >= 15 is 0 Å². The van der Waals surface area contributed by atoms with Crippen molar-refractivity contribution in [2.75, 3.05) is 13.2 Å². The standard InChI is InChI=1S/C16H20N2O3S/c1-3-5-8-18-15(20)12(17-16(18)22)9-11-6-7-13(19)14(10-11)21-4-2/h6-7,9-10,19H,3-5,8H2,1-2H3,(H,17,22)/b12-9+. The molecule has 1 aromatic rings. The van der Waals surface area contributed by atoms with Crippen molar-refractivity contribution in [2.24, 2.45) is 0 Å². The number of aromatic hydroxyl groups is 1. The Labute approximate surface area is 135 Å². The molecule has 1 aliphatic rings. The van der Waals surface area contributed by atoms with E-state index < -0.39 is 0 Å². The van der Waals surface area contributed by atoms with Crippen LogP contribution < -0.4 is 10.1 Å². The Morgan fingerprint density at radius 1 is 1.41 bits per heavy atom. The molecule has 0 aliphatic carbocycles. The molecule has 0 saturated carbocycles. The van der Waals surface area contributed by atoms with E-state index in [0.29, 0.717) is 29.7 Å². The molecule has 5 nitrogen and oxygen atoms in total. The van der Waals surface area contributed by atoms with Gasteiger partial charge in [0.05, 0.1) is 6.61 Å². The van der Waals surface area contributed by atoms with Crippen LogP contribution in [0.4, 0.5) is 0 Å². The highest BCUT2D eigenvalue weighted by Crippen LogP contribution is 2.28. The number of phenolic OH excluding ortho intramolecular Hbond substituents is 1. The van der Waals surface area contributed by atoms with Gasteiger partial charge in [-0.2, -0.15) is 0 Å². The van der Waals surface area contributed by atoms with Crippen LogP contribution in [0.5, 0.6) is 11.5 Å². The maximum absolute atomic E-state index is 12.3. The van der Waals surface area contributed by atoms with Crippen LogP contribution in [0.25, 0.3) is 6.08 Å². The van der Waals surface area contributed by atoms with E-state index in [1.165, 1.54) is 0 Å². The van der Waals surface area contributed by atoms with Crippen molar-refractivity contribution in [3.05, 3.63) is 29.5 Å². The Morgan fingerprint density at radius 3 is 2.86 bits per heavy atom. The molecule has 6 heteroatoms. The summed E-state index contributed by atoms with van der Waals surface area (Å²) in [5, 5.41) is 13.1. The van der Waals surface area contributed by atoms with Gasteiger partial charge in [-0.3, -0.25) is 9.69 Å². The number of hydrogen-bond acceptors (Lipinski definition) is 4. The number of benzene rings is 1. The molecule has 0 atom stereocenters. The van der Waals surface area contributed by atoms with Gasteiger partial charge in [0, 0.05) is 6.54 Å². The zero-order valence-corrected chi connectivity index (χ0v) is 13.6. The van der Waals surface area contributed by atoms with Crippen LogP contribution in [0.2, 0.25) is 0 Å². The van der Waals surface area contributed by atoms with Crippen LogP contribution in [0.3, 0.4) is 0 Å². The monoisotopic (exact) mass is 320 g/mol. The molecule has 1 saturated heterocycles. The second-order valence-corrected chi connectivity index (χ2v) is 5.35. The van der Waals surface area contributed by atoms with Crippen molar-refractivity contribution in [2.45, 2.75) is 26.7 Å². The number of amides is 1. The Kier molecular flexibility index (Phi) is 5.38. The lowest BCUT2D eigenvalue weighted by molar-refractivity contribution is -0.122. The van der Waals surface area contributed by atoms with Gasteiger partial charge in [0.15, 0.2) is 16.6 Å². The van der Waals surface area contributed by atoms with Crippen LogP contribution in [0.1, 0.15) is 32.3 Å². The zero-order chi connectivity index (χ0) is 16.1. The number of nitrogens with zero attached hydrogens (tertiary/aromatic N) is 1. The Morgan fingerprint density at radius 2 is 2.18 bits per heavy atom. The van der Waals surface area contributed by atoms with Gasteiger partial charge in [0.1, 0.15) is 5.70 Å². The first-order chi connectivity index (χ1) is 10.6. The molecule has 0 spiro atoms. The number of phenols is 1. The molecule has 1 aromatic carbocycles. The molecule has 0 unspecified atom stereocenters. The Bertz CT molecular complexity index is 613. The van der Waals surface area contributed by atoms with Gasteiger partial charge in [-0.15, -0.1) is 0 Å². The summed E-state index contributed by atoms with van der Waals surface area (Å²) in [7, 11) is 0. The molecular formula is C16H20N2O3S. The number of nitrogens with one attached hydrogen (secondary N) is 1. The highest BCUT2D eigenvalue weighted by atomic mass is 32.1. The first kappa shape index (κ1) is 16.3. The van der Waals surface area contributed by atoms with Gasteiger partial charge in [-0.05, 0) is 49.3 Å². The number of thiocarbonyl (C=S) groups is 1. The summed E-state index contributed by atoms with van der Waals surface area (Å²) < 4.78 is 5.34. The van der Waals surface area contributed by atoms with Crippen LogP contribution >= 0.6 is 12.2 Å². The maximum Gasteiger partial charge on any atom is 0.276 e. The molecule has 1 aliphatic heterocycles. The van der Waals surface area contributed by atoms with Crippen molar-refractivity contribution >= 4 is 29.3 Å². The predicted molar refractivity (Wildman–Crippen MR) is 89.6 cm³/mol. The van der Waals surface area contributed by atoms with Crippen LogP contribution in [0, 0.1) is 0 Å². The van der Waals surface area contributed by atoms with Crippen LogP contribution in [-0.2, 0) is 4.79 Å².